The summed E-state index contributed by atoms with van der Waals surface area (Å²) in [6.07, 6.45) is -0.200. The van der Waals surface area contributed by atoms with Crippen molar-refractivity contribution in [3.63, 3.8) is 0 Å². The molecule has 0 bridgehead atoms. The van der Waals surface area contributed by atoms with Crippen LogP contribution in [-0.4, -0.2) is 42.3 Å². The molecule has 194 valence electrons. The first kappa shape index (κ1) is 24.7. The van der Waals surface area contributed by atoms with Gasteiger partial charge in [-0.05, 0) is 50.2 Å². The van der Waals surface area contributed by atoms with Crippen molar-refractivity contribution in [2.45, 2.75) is 38.4 Å². The van der Waals surface area contributed by atoms with Gasteiger partial charge in [0.25, 0.3) is 0 Å². The first-order valence-corrected chi connectivity index (χ1v) is 13.3. The van der Waals surface area contributed by atoms with E-state index < -0.39 is 5.79 Å². The van der Waals surface area contributed by atoms with E-state index in [-0.39, 0.29) is 12.2 Å². The molecule has 0 N–H and O–H groups in total. The summed E-state index contributed by atoms with van der Waals surface area (Å²) in [5.74, 6) is -0.573. The van der Waals surface area contributed by atoms with Gasteiger partial charge in [0.1, 0.15) is 6.10 Å². The number of aromatic nitrogens is 1. The standard InChI is InChI=1S/C33H34N2O3/c1-33(2)37-24-28(38-33)23-36-27(21-34(25-13-5-3-6-14-25)26-15-7-4-8-16-26)22-35-31-19-11-9-17-29(31)30-18-10-12-20-32(30)35/h3-20,27-28H,21-24H2,1-2H3. The zero-order valence-electron chi connectivity index (χ0n) is 22.0. The van der Waals surface area contributed by atoms with Crippen LogP contribution in [0.5, 0.6) is 0 Å². The van der Waals surface area contributed by atoms with E-state index in [0.29, 0.717) is 26.3 Å². The Morgan fingerprint density at radius 3 is 1.84 bits per heavy atom. The first-order valence-electron chi connectivity index (χ1n) is 13.3. The molecule has 5 heteroatoms. The second kappa shape index (κ2) is 10.6. The van der Waals surface area contributed by atoms with Crippen molar-refractivity contribution >= 4 is 33.2 Å². The zero-order chi connectivity index (χ0) is 26.0. The highest BCUT2D eigenvalue weighted by atomic mass is 16.7. The highest BCUT2D eigenvalue weighted by Gasteiger charge is 2.33. The van der Waals surface area contributed by atoms with Crippen molar-refractivity contribution in [3.8, 4) is 0 Å². The Balaban J connectivity index is 1.36. The van der Waals surface area contributed by atoms with Crippen LogP contribution in [0.15, 0.2) is 109 Å². The van der Waals surface area contributed by atoms with Gasteiger partial charge in [-0.15, -0.1) is 0 Å². The molecular formula is C33H34N2O3. The van der Waals surface area contributed by atoms with Crippen molar-refractivity contribution in [2.24, 2.45) is 0 Å². The van der Waals surface area contributed by atoms with E-state index in [1.807, 2.05) is 13.8 Å². The van der Waals surface area contributed by atoms with Crippen molar-refractivity contribution in [2.75, 3.05) is 24.7 Å². The molecule has 5 nitrogen and oxygen atoms in total. The molecule has 2 unspecified atom stereocenters. The lowest BCUT2D eigenvalue weighted by atomic mass is 10.2. The van der Waals surface area contributed by atoms with Gasteiger partial charge in [0.05, 0.1) is 32.4 Å². The van der Waals surface area contributed by atoms with Crippen LogP contribution in [0.3, 0.4) is 0 Å². The lowest BCUT2D eigenvalue weighted by molar-refractivity contribution is -0.147. The predicted octanol–water partition coefficient (Wildman–Crippen LogP) is 7.17. The van der Waals surface area contributed by atoms with Crippen LogP contribution >= 0.6 is 0 Å². The van der Waals surface area contributed by atoms with Crippen LogP contribution < -0.4 is 4.90 Å². The van der Waals surface area contributed by atoms with Crippen molar-refractivity contribution in [1.82, 2.24) is 4.57 Å². The topological polar surface area (TPSA) is 35.9 Å². The van der Waals surface area contributed by atoms with E-state index in [9.17, 15) is 0 Å². The summed E-state index contributed by atoms with van der Waals surface area (Å²) in [6.45, 7) is 6.32. The van der Waals surface area contributed by atoms with Gasteiger partial charge in [-0.3, -0.25) is 0 Å². The summed E-state index contributed by atoms with van der Waals surface area (Å²) in [4.78, 5) is 2.34. The third-order valence-electron chi connectivity index (χ3n) is 7.17. The summed E-state index contributed by atoms with van der Waals surface area (Å²) in [7, 11) is 0. The van der Waals surface area contributed by atoms with Gasteiger partial charge in [0, 0.05) is 33.2 Å². The lowest BCUT2D eigenvalue weighted by Gasteiger charge is -2.31. The smallest absolute Gasteiger partial charge is 0.163 e. The molecule has 0 aliphatic carbocycles. The number of ether oxygens (including phenoxy) is 3. The van der Waals surface area contributed by atoms with Crippen molar-refractivity contribution < 1.29 is 14.2 Å². The summed E-state index contributed by atoms with van der Waals surface area (Å²) < 4.78 is 21.0. The number of anilines is 2. The molecule has 6 rings (SSSR count). The minimum Gasteiger partial charge on any atom is -0.372 e. The van der Waals surface area contributed by atoms with Crippen LogP contribution in [0.4, 0.5) is 11.4 Å². The van der Waals surface area contributed by atoms with Crippen LogP contribution in [0.25, 0.3) is 21.8 Å². The summed E-state index contributed by atoms with van der Waals surface area (Å²) in [5, 5.41) is 2.53. The molecule has 2 heterocycles. The second-order valence-electron chi connectivity index (χ2n) is 10.3. The Labute approximate surface area is 224 Å². The summed E-state index contributed by atoms with van der Waals surface area (Å²) in [6, 6.07) is 38.3. The molecule has 2 atom stereocenters. The first-order chi connectivity index (χ1) is 18.6. The molecule has 1 fully saturated rings. The predicted molar refractivity (Wildman–Crippen MR) is 154 cm³/mol. The highest BCUT2D eigenvalue weighted by molar-refractivity contribution is 6.07. The Morgan fingerprint density at radius 1 is 0.789 bits per heavy atom. The van der Waals surface area contributed by atoms with Crippen LogP contribution in [0.2, 0.25) is 0 Å². The SMILES string of the molecule is CC1(C)OCC(COC(CN(c2ccccc2)c2ccccc2)Cn2c3ccccc3c3ccccc32)O1. The molecule has 1 saturated heterocycles. The molecule has 1 aromatic heterocycles. The van der Waals surface area contributed by atoms with Crippen LogP contribution in [0, 0.1) is 0 Å². The molecule has 0 spiro atoms. The Kier molecular flexibility index (Phi) is 6.90. The second-order valence-corrected chi connectivity index (χ2v) is 10.3. The van der Waals surface area contributed by atoms with Gasteiger partial charge in [0.15, 0.2) is 5.79 Å². The van der Waals surface area contributed by atoms with Crippen molar-refractivity contribution in [3.05, 3.63) is 109 Å². The fourth-order valence-corrected chi connectivity index (χ4v) is 5.43. The summed E-state index contributed by atoms with van der Waals surface area (Å²) in [5.41, 5.74) is 4.71. The van der Waals surface area contributed by atoms with Gasteiger partial charge < -0.3 is 23.7 Å². The normalized spacial score (nSPS) is 17.7. The average molecular weight is 507 g/mol. The fourth-order valence-electron chi connectivity index (χ4n) is 5.43. The molecular weight excluding hydrogens is 472 g/mol. The van der Waals surface area contributed by atoms with Gasteiger partial charge in [-0.1, -0.05) is 72.8 Å². The molecule has 4 aromatic carbocycles. The average Bonchev–Trinajstić information content (AvgIpc) is 3.47. The maximum absolute atomic E-state index is 6.70. The zero-order valence-corrected chi connectivity index (χ0v) is 22.0. The van der Waals surface area contributed by atoms with E-state index in [1.165, 1.54) is 21.8 Å². The van der Waals surface area contributed by atoms with Gasteiger partial charge in [0.2, 0.25) is 0 Å². The largest absolute Gasteiger partial charge is 0.372 e. The monoisotopic (exact) mass is 506 g/mol. The van der Waals surface area contributed by atoms with Crippen LogP contribution in [0.1, 0.15) is 13.8 Å². The minimum absolute atomic E-state index is 0.0902. The molecule has 5 aromatic rings. The molecule has 1 aliphatic heterocycles. The van der Waals surface area contributed by atoms with E-state index in [1.54, 1.807) is 0 Å². The molecule has 0 amide bonds. The molecule has 0 saturated carbocycles. The van der Waals surface area contributed by atoms with Crippen LogP contribution in [-0.2, 0) is 20.8 Å². The van der Waals surface area contributed by atoms with E-state index >= 15 is 0 Å². The number of fused-ring (bicyclic) bond motifs is 3. The van der Waals surface area contributed by atoms with E-state index in [4.69, 9.17) is 14.2 Å². The number of nitrogens with zero attached hydrogens (tertiary/aromatic N) is 2. The summed E-state index contributed by atoms with van der Waals surface area (Å²) >= 11 is 0. The van der Waals surface area contributed by atoms with Crippen molar-refractivity contribution in [1.29, 1.82) is 0 Å². The van der Waals surface area contributed by atoms with E-state index in [2.05, 4.69) is 119 Å². The highest BCUT2D eigenvalue weighted by Crippen LogP contribution is 2.31. The minimum atomic E-state index is -0.573. The number of hydrogen-bond acceptors (Lipinski definition) is 4. The Morgan fingerprint density at radius 2 is 1.32 bits per heavy atom. The molecule has 1 aliphatic rings. The third kappa shape index (κ3) is 5.18. The Bertz CT molecular complexity index is 1400. The quantitative estimate of drug-likeness (QED) is 0.212. The van der Waals surface area contributed by atoms with E-state index in [0.717, 1.165) is 11.4 Å². The van der Waals surface area contributed by atoms with Gasteiger partial charge in [-0.2, -0.15) is 0 Å². The molecule has 38 heavy (non-hydrogen) atoms. The number of hydrogen-bond donors (Lipinski definition) is 0. The number of para-hydroxylation sites is 4. The Hall–Kier alpha value is -3.64. The maximum Gasteiger partial charge on any atom is 0.163 e. The molecule has 0 radical (unpaired) electrons. The van der Waals surface area contributed by atoms with Gasteiger partial charge in [-0.25, -0.2) is 0 Å². The fraction of sp³-hybridized carbons (Fsp3) is 0.273. The number of benzene rings is 4. The number of rotatable bonds is 9. The van der Waals surface area contributed by atoms with Gasteiger partial charge >= 0.3 is 0 Å². The maximum atomic E-state index is 6.70. The third-order valence-corrected chi connectivity index (χ3v) is 7.17. The lowest BCUT2D eigenvalue weighted by Crippen LogP contribution is -2.36.